The van der Waals surface area contributed by atoms with E-state index in [9.17, 15) is 0 Å². The maximum atomic E-state index is 5.30. The topological polar surface area (TPSA) is 9.23 Å². The molecule has 0 amide bonds. The van der Waals surface area contributed by atoms with E-state index in [0.29, 0.717) is 13.2 Å². The predicted octanol–water partition coefficient (Wildman–Crippen LogP) is 1.83. The maximum Gasteiger partial charge on any atom is 0.131 e. The Morgan fingerprint density at radius 1 is 1.57 bits per heavy atom. The van der Waals surface area contributed by atoms with Gasteiger partial charge in [0, 0.05) is 6.61 Å². The summed E-state index contributed by atoms with van der Waals surface area (Å²) in [5, 5.41) is 0. The second kappa shape index (κ2) is 4.69. The Morgan fingerprint density at radius 3 is 2.29 bits per heavy atom. The number of hydrogen-bond acceptors (Lipinski definition) is 1. The largest absolute Gasteiger partial charge is 0.379 e. The molecule has 0 aromatic carbocycles. The molecule has 0 bridgehead atoms. The summed E-state index contributed by atoms with van der Waals surface area (Å²) < 4.78 is 4.83. The van der Waals surface area contributed by atoms with Crippen LogP contribution in [0.5, 0.6) is 0 Å². The minimum Gasteiger partial charge on any atom is -0.379 e. The van der Waals surface area contributed by atoms with Gasteiger partial charge in [0.05, 0.1) is 6.61 Å². The van der Waals surface area contributed by atoms with E-state index >= 15 is 0 Å². The van der Waals surface area contributed by atoms with E-state index in [2.05, 4.69) is 0 Å². The van der Waals surface area contributed by atoms with Crippen LogP contribution in [0.25, 0.3) is 0 Å². The average molecular weight is 143 g/mol. The maximum absolute atomic E-state index is 5.30. The zero-order valence-electron chi connectivity index (χ0n) is 4.16. The SMILES string of the molecule is CCOCC(Cl)Cl. The summed E-state index contributed by atoms with van der Waals surface area (Å²) in [6, 6.07) is 0. The lowest BCUT2D eigenvalue weighted by Gasteiger charge is -1.97. The van der Waals surface area contributed by atoms with Gasteiger partial charge in [0.25, 0.3) is 0 Å². The molecule has 0 aliphatic heterocycles. The van der Waals surface area contributed by atoms with Gasteiger partial charge in [-0.2, -0.15) is 0 Å². The van der Waals surface area contributed by atoms with Gasteiger partial charge in [-0.05, 0) is 6.92 Å². The van der Waals surface area contributed by atoms with Crippen molar-refractivity contribution in [3.63, 3.8) is 0 Å². The van der Waals surface area contributed by atoms with Gasteiger partial charge in [0.1, 0.15) is 4.84 Å². The summed E-state index contributed by atoms with van der Waals surface area (Å²) in [6.45, 7) is 3.01. The molecule has 0 aliphatic carbocycles. The quantitative estimate of drug-likeness (QED) is 0.547. The third kappa shape index (κ3) is 6.54. The Bertz CT molecular complexity index is 38.7. The van der Waals surface area contributed by atoms with Gasteiger partial charge in [0.2, 0.25) is 0 Å². The van der Waals surface area contributed by atoms with Crippen molar-refractivity contribution >= 4 is 23.2 Å². The molecule has 0 aromatic heterocycles. The van der Waals surface area contributed by atoms with Gasteiger partial charge in [-0.15, -0.1) is 23.2 Å². The van der Waals surface area contributed by atoms with Crippen LogP contribution in [-0.4, -0.2) is 18.1 Å². The highest BCUT2D eigenvalue weighted by Crippen LogP contribution is 2.00. The first-order valence-electron chi connectivity index (χ1n) is 2.13. The second-order valence-corrected chi connectivity index (χ2v) is 2.33. The average Bonchev–Trinajstić information content (AvgIpc) is 1.61. The van der Waals surface area contributed by atoms with Crippen molar-refractivity contribution in [1.82, 2.24) is 0 Å². The highest BCUT2D eigenvalue weighted by molar-refractivity contribution is 6.44. The molecule has 44 valence electrons. The van der Waals surface area contributed by atoms with Gasteiger partial charge in [-0.25, -0.2) is 0 Å². The highest BCUT2D eigenvalue weighted by Gasteiger charge is 1.93. The Labute approximate surface area is 53.6 Å². The molecule has 0 N–H and O–H groups in total. The van der Waals surface area contributed by atoms with E-state index in [-0.39, 0.29) is 4.84 Å². The van der Waals surface area contributed by atoms with Crippen LogP contribution in [0, 0.1) is 0 Å². The first-order chi connectivity index (χ1) is 3.27. The van der Waals surface area contributed by atoms with Gasteiger partial charge in [-0.3, -0.25) is 0 Å². The minimum absolute atomic E-state index is 0.375. The van der Waals surface area contributed by atoms with Gasteiger partial charge < -0.3 is 4.74 Å². The molecule has 0 fully saturated rings. The summed E-state index contributed by atoms with van der Waals surface area (Å²) in [7, 11) is 0. The van der Waals surface area contributed by atoms with E-state index in [1.807, 2.05) is 6.92 Å². The standard InChI is InChI=1S/C4H8Cl2O/c1-2-7-3-4(5)6/h4H,2-3H2,1H3. The molecule has 0 atom stereocenters. The molecule has 0 radical (unpaired) electrons. The number of ether oxygens (including phenoxy) is 1. The second-order valence-electron chi connectivity index (χ2n) is 1.05. The molecule has 0 saturated carbocycles. The molecular formula is C4H8Cl2O. The fourth-order valence-corrected chi connectivity index (χ4v) is 0.385. The van der Waals surface area contributed by atoms with E-state index in [1.54, 1.807) is 0 Å². The lowest BCUT2D eigenvalue weighted by atomic mass is 10.8. The Morgan fingerprint density at radius 2 is 2.14 bits per heavy atom. The lowest BCUT2D eigenvalue weighted by Crippen LogP contribution is -2.00. The van der Waals surface area contributed by atoms with E-state index < -0.39 is 0 Å². The van der Waals surface area contributed by atoms with Crippen LogP contribution in [0.3, 0.4) is 0 Å². The van der Waals surface area contributed by atoms with Crippen molar-refractivity contribution in [2.45, 2.75) is 11.8 Å². The van der Waals surface area contributed by atoms with Crippen molar-refractivity contribution in [2.24, 2.45) is 0 Å². The molecule has 7 heavy (non-hydrogen) atoms. The molecule has 0 aliphatic rings. The fourth-order valence-electron chi connectivity index (χ4n) is 0.207. The van der Waals surface area contributed by atoms with Crippen LogP contribution in [0.2, 0.25) is 0 Å². The third-order valence-corrected chi connectivity index (χ3v) is 0.700. The minimum atomic E-state index is -0.375. The van der Waals surface area contributed by atoms with Crippen molar-refractivity contribution in [2.75, 3.05) is 13.2 Å². The zero-order chi connectivity index (χ0) is 5.70. The summed E-state index contributed by atoms with van der Waals surface area (Å²) in [5.41, 5.74) is 0. The van der Waals surface area contributed by atoms with Crippen LogP contribution in [0.4, 0.5) is 0 Å². The van der Waals surface area contributed by atoms with E-state index in [1.165, 1.54) is 0 Å². The molecule has 0 spiro atoms. The third-order valence-electron chi connectivity index (χ3n) is 0.448. The molecule has 0 saturated heterocycles. The van der Waals surface area contributed by atoms with Crippen molar-refractivity contribution < 1.29 is 4.74 Å². The smallest absolute Gasteiger partial charge is 0.131 e. The molecular weight excluding hydrogens is 135 g/mol. The Hall–Kier alpha value is 0.540. The summed E-state index contributed by atoms with van der Waals surface area (Å²) in [6.07, 6.45) is 0. The van der Waals surface area contributed by atoms with Crippen LogP contribution in [0.15, 0.2) is 0 Å². The molecule has 0 unspecified atom stereocenters. The van der Waals surface area contributed by atoms with Crippen LogP contribution in [-0.2, 0) is 4.74 Å². The first kappa shape index (κ1) is 7.54. The monoisotopic (exact) mass is 142 g/mol. The van der Waals surface area contributed by atoms with Crippen molar-refractivity contribution in [3.8, 4) is 0 Å². The summed E-state index contributed by atoms with van der Waals surface area (Å²) in [5.74, 6) is 0. The van der Waals surface area contributed by atoms with Gasteiger partial charge in [-0.1, -0.05) is 0 Å². The molecule has 0 rings (SSSR count). The van der Waals surface area contributed by atoms with Crippen molar-refractivity contribution in [1.29, 1.82) is 0 Å². The Balaban J connectivity index is 2.68. The summed E-state index contributed by atoms with van der Waals surface area (Å²) in [4.78, 5) is -0.375. The molecule has 1 nitrogen and oxygen atoms in total. The van der Waals surface area contributed by atoms with Crippen LogP contribution < -0.4 is 0 Å². The molecule has 0 aromatic rings. The number of alkyl halides is 2. The predicted molar refractivity (Wildman–Crippen MR) is 32.0 cm³/mol. The molecule has 0 heterocycles. The highest BCUT2D eigenvalue weighted by atomic mass is 35.5. The zero-order valence-corrected chi connectivity index (χ0v) is 5.67. The van der Waals surface area contributed by atoms with Crippen LogP contribution >= 0.6 is 23.2 Å². The lowest BCUT2D eigenvalue weighted by molar-refractivity contribution is 0.158. The number of hydrogen-bond donors (Lipinski definition) is 0. The molecule has 3 heteroatoms. The Kier molecular flexibility index (Phi) is 5.05. The first-order valence-corrected chi connectivity index (χ1v) is 3.00. The summed E-state index contributed by atoms with van der Waals surface area (Å²) >= 11 is 10.6. The van der Waals surface area contributed by atoms with E-state index in [4.69, 9.17) is 27.9 Å². The van der Waals surface area contributed by atoms with E-state index in [0.717, 1.165) is 0 Å². The van der Waals surface area contributed by atoms with Gasteiger partial charge in [0.15, 0.2) is 0 Å². The number of halogens is 2. The van der Waals surface area contributed by atoms with Gasteiger partial charge >= 0.3 is 0 Å². The van der Waals surface area contributed by atoms with Crippen LogP contribution in [0.1, 0.15) is 6.92 Å². The van der Waals surface area contributed by atoms with Crippen molar-refractivity contribution in [3.05, 3.63) is 0 Å². The normalized spacial score (nSPS) is 10.3. The number of rotatable bonds is 3. The fraction of sp³-hybridized carbons (Fsp3) is 1.00.